The van der Waals surface area contributed by atoms with Crippen molar-refractivity contribution < 1.29 is 57.1 Å². The number of halogens is 13. The highest BCUT2D eigenvalue weighted by atomic mass is 19.4. The van der Waals surface area contributed by atoms with Crippen molar-refractivity contribution in [3.63, 3.8) is 0 Å². The van der Waals surface area contributed by atoms with E-state index in [1.165, 1.54) is 30.3 Å². The Balaban J connectivity index is 3.48. The first kappa shape index (κ1) is 28.3. The van der Waals surface area contributed by atoms with Crippen molar-refractivity contribution in [3.8, 4) is 0 Å². The second-order valence-electron chi connectivity index (χ2n) is 7.44. The van der Waals surface area contributed by atoms with Crippen LogP contribution in [0.15, 0.2) is 30.3 Å². The van der Waals surface area contributed by atoms with Crippen molar-refractivity contribution >= 4 is 0 Å². The van der Waals surface area contributed by atoms with Gasteiger partial charge in [-0.25, -0.2) is 0 Å². The minimum absolute atomic E-state index is 0.179. The minimum Gasteiger partial charge on any atom is -0.302 e. The van der Waals surface area contributed by atoms with Crippen LogP contribution in [0.2, 0.25) is 0 Å². The van der Waals surface area contributed by atoms with Gasteiger partial charge in [0.05, 0.1) is 6.04 Å². The third kappa shape index (κ3) is 4.38. The molecular weight excluding hydrogens is 477 g/mol. The number of hydrogen-bond acceptors (Lipinski definition) is 1. The number of nitrogens with one attached hydrogen (secondary N) is 1. The van der Waals surface area contributed by atoms with E-state index >= 15 is 0 Å². The number of benzene rings is 1. The molecule has 0 bridgehead atoms. The van der Waals surface area contributed by atoms with Crippen molar-refractivity contribution in [3.05, 3.63) is 35.9 Å². The zero-order valence-electron chi connectivity index (χ0n) is 16.5. The first-order valence-electron chi connectivity index (χ1n) is 8.84. The zero-order valence-corrected chi connectivity index (χ0v) is 16.5. The number of hydrogen-bond donors (Lipinski definition) is 1. The summed E-state index contributed by atoms with van der Waals surface area (Å²) in [6.07, 6.45) is -7.43. The van der Waals surface area contributed by atoms with E-state index in [1.54, 1.807) is 0 Å². The molecule has 1 aromatic rings. The monoisotopic (exact) mass is 495 g/mol. The second-order valence-corrected chi connectivity index (χ2v) is 7.44. The standard InChI is InChI=1S/C18H18F13N/c1-9(2)12(32-10(3)11-7-5-4-6-8-11)13(19,20)14(21,22)15(23,24)16(25,26)17(27,28)18(29,30)31/h4-10,12,32H,1-3H3/t10-,12-/m0/s1. The smallest absolute Gasteiger partial charge is 0.302 e. The van der Waals surface area contributed by atoms with Gasteiger partial charge in [0.25, 0.3) is 0 Å². The van der Waals surface area contributed by atoms with Crippen LogP contribution in [0.3, 0.4) is 0 Å². The van der Waals surface area contributed by atoms with Crippen LogP contribution < -0.4 is 5.32 Å². The molecular formula is C18H18F13N. The van der Waals surface area contributed by atoms with Crippen LogP contribution in [-0.2, 0) is 0 Å². The summed E-state index contributed by atoms with van der Waals surface area (Å²) in [4.78, 5) is 0. The first-order valence-corrected chi connectivity index (χ1v) is 8.84. The van der Waals surface area contributed by atoms with Crippen molar-refractivity contribution in [1.29, 1.82) is 0 Å². The maximum Gasteiger partial charge on any atom is 0.460 e. The lowest BCUT2D eigenvalue weighted by Gasteiger charge is -2.43. The molecule has 2 atom stereocenters. The van der Waals surface area contributed by atoms with E-state index in [4.69, 9.17) is 0 Å². The van der Waals surface area contributed by atoms with E-state index in [0.29, 0.717) is 0 Å². The van der Waals surface area contributed by atoms with Gasteiger partial charge in [-0.2, -0.15) is 57.1 Å². The van der Waals surface area contributed by atoms with E-state index in [-0.39, 0.29) is 5.56 Å². The normalized spacial score (nSPS) is 16.9. The molecule has 0 heterocycles. The lowest BCUT2D eigenvalue weighted by atomic mass is 9.86. The van der Waals surface area contributed by atoms with Crippen molar-refractivity contribution in [2.75, 3.05) is 0 Å². The summed E-state index contributed by atoms with van der Waals surface area (Å²) in [5.41, 5.74) is 0.179. The molecule has 0 unspecified atom stereocenters. The van der Waals surface area contributed by atoms with Crippen LogP contribution in [0, 0.1) is 5.92 Å². The van der Waals surface area contributed by atoms with Crippen LogP contribution in [-0.4, -0.2) is 41.8 Å². The number of alkyl halides is 13. The van der Waals surface area contributed by atoms with Gasteiger partial charge >= 0.3 is 35.8 Å². The fourth-order valence-corrected chi connectivity index (χ4v) is 2.80. The van der Waals surface area contributed by atoms with Crippen LogP contribution >= 0.6 is 0 Å². The predicted octanol–water partition coefficient (Wildman–Crippen LogP) is 7.10. The quantitative estimate of drug-likeness (QED) is 0.361. The maximum atomic E-state index is 14.6. The lowest BCUT2D eigenvalue weighted by molar-refractivity contribution is -0.442. The summed E-state index contributed by atoms with van der Waals surface area (Å²) in [6, 6.07) is 2.64. The van der Waals surface area contributed by atoms with Gasteiger partial charge in [0.2, 0.25) is 0 Å². The predicted molar refractivity (Wildman–Crippen MR) is 87.4 cm³/mol. The summed E-state index contributed by atoms with van der Waals surface area (Å²) in [7, 11) is 0. The van der Waals surface area contributed by atoms with Crippen molar-refractivity contribution in [2.24, 2.45) is 5.92 Å². The third-order valence-corrected chi connectivity index (χ3v) is 4.74. The second kappa shape index (κ2) is 8.56. The van der Waals surface area contributed by atoms with Gasteiger partial charge in [0.15, 0.2) is 0 Å². The Labute approximate surface area is 174 Å². The molecule has 186 valence electrons. The average Bonchev–Trinajstić information content (AvgIpc) is 2.64. The summed E-state index contributed by atoms with van der Waals surface area (Å²) < 4.78 is 174. The highest BCUT2D eigenvalue weighted by Gasteiger charge is 2.91. The molecule has 0 amide bonds. The van der Waals surface area contributed by atoms with E-state index in [0.717, 1.165) is 20.8 Å². The van der Waals surface area contributed by atoms with Crippen molar-refractivity contribution in [2.45, 2.75) is 68.6 Å². The molecule has 32 heavy (non-hydrogen) atoms. The molecule has 1 aromatic carbocycles. The fourth-order valence-electron chi connectivity index (χ4n) is 2.80. The average molecular weight is 495 g/mol. The maximum absolute atomic E-state index is 14.6. The Morgan fingerprint density at radius 1 is 0.594 bits per heavy atom. The van der Waals surface area contributed by atoms with Gasteiger partial charge in [-0.1, -0.05) is 44.2 Å². The Kier molecular flexibility index (Phi) is 7.57. The first-order chi connectivity index (χ1) is 14.1. The topological polar surface area (TPSA) is 12.0 Å². The van der Waals surface area contributed by atoms with Gasteiger partial charge in [-0.15, -0.1) is 0 Å². The molecule has 0 saturated heterocycles. The highest BCUT2D eigenvalue weighted by Crippen LogP contribution is 2.61. The van der Waals surface area contributed by atoms with E-state index < -0.39 is 53.8 Å². The van der Waals surface area contributed by atoms with Crippen LogP contribution in [0.25, 0.3) is 0 Å². The Morgan fingerprint density at radius 3 is 1.38 bits per heavy atom. The molecule has 0 saturated carbocycles. The molecule has 0 radical (unpaired) electrons. The molecule has 0 fully saturated rings. The summed E-state index contributed by atoms with van der Waals surface area (Å²) in [5, 5.41) is 1.85. The molecule has 0 aliphatic rings. The van der Waals surface area contributed by atoms with Crippen LogP contribution in [0.5, 0.6) is 0 Å². The van der Waals surface area contributed by atoms with Gasteiger partial charge in [-0.05, 0) is 18.4 Å². The van der Waals surface area contributed by atoms with Gasteiger partial charge < -0.3 is 5.32 Å². The molecule has 0 aromatic heterocycles. The third-order valence-electron chi connectivity index (χ3n) is 4.74. The van der Waals surface area contributed by atoms with Crippen LogP contribution in [0.1, 0.15) is 32.4 Å². The minimum atomic E-state index is -7.91. The Hall–Kier alpha value is -1.73. The number of rotatable bonds is 9. The molecule has 0 spiro atoms. The molecule has 1 nitrogen and oxygen atoms in total. The van der Waals surface area contributed by atoms with Gasteiger partial charge in [-0.3, -0.25) is 0 Å². The van der Waals surface area contributed by atoms with Gasteiger partial charge in [0, 0.05) is 6.04 Å². The zero-order chi connectivity index (χ0) is 25.6. The van der Waals surface area contributed by atoms with Crippen LogP contribution in [0.4, 0.5) is 57.1 Å². The lowest BCUT2D eigenvalue weighted by Crippen LogP contribution is -2.73. The summed E-state index contributed by atoms with van der Waals surface area (Å²) in [6.45, 7) is 2.74. The Morgan fingerprint density at radius 2 is 1.00 bits per heavy atom. The molecule has 0 aliphatic carbocycles. The fraction of sp³-hybridized carbons (Fsp3) is 0.667. The summed E-state index contributed by atoms with van der Waals surface area (Å²) in [5.74, 6) is -38.6. The molecule has 0 aliphatic heterocycles. The van der Waals surface area contributed by atoms with E-state index in [9.17, 15) is 57.1 Å². The largest absolute Gasteiger partial charge is 0.460 e. The van der Waals surface area contributed by atoms with E-state index in [1.807, 2.05) is 5.32 Å². The van der Waals surface area contributed by atoms with E-state index in [2.05, 4.69) is 0 Å². The van der Waals surface area contributed by atoms with Gasteiger partial charge in [0.1, 0.15) is 0 Å². The molecule has 14 heteroatoms. The Bertz CT molecular complexity index is 756. The van der Waals surface area contributed by atoms with Crippen molar-refractivity contribution in [1.82, 2.24) is 5.32 Å². The summed E-state index contributed by atoms with van der Waals surface area (Å²) >= 11 is 0. The molecule has 1 rings (SSSR count). The highest BCUT2D eigenvalue weighted by molar-refractivity contribution is 5.19. The SMILES string of the molecule is CC(C)[C@H](N[C@@H](C)c1ccccc1)C(F)(F)C(F)(F)C(F)(F)C(F)(F)C(F)(F)C(F)(F)F. The molecule has 1 N–H and O–H groups in total.